The molecule has 8 nitrogen and oxygen atoms in total. The number of rotatable bonds is 9. The molecule has 150 valence electrons. The van der Waals surface area contributed by atoms with Gasteiger partial charge in [-0.05, 0) is 11.1 Å². The molecule has 0 aliphatic heterocycles. The average molecular weight is 405 g/mol. The summed E-state index contributed by atoms with van der Waals surface area (Å²) in [5.74, 6) is -0.666. The van der Waals surface area contributed by atoms with Crippen molar-refractivity contribution in [1.29, 1.82) is 0 Å². The fourth-order valence-corrected chi connectivity index (χ4v) is 3.31. The van der Waals surface area contributed by atoms with Crippen molar-refractivity contribution in [2.45, 2.75) is 13.2 Å². The van der Waals surface area contributed by atoms with Gasteiger partial charge in [0.15, 0.2) is 0 Å². The van der Waals surface area contributed by atoms with Crippen LogP contribution in [0.5, 0.6) is 0 Å². The molecule has 28 heavy (non-hydrogen) atoms. The van der Waals surface area contributed by atoms with Crippen LogP contribution in [0.4, 0.5) is 0 Å². The zero-order chi connectivity index (χ0) is 20.4. The fraction of sp³-hybridized carbons (Fsp3) is 0.263. The molecule has 0 amide bonds. The predicted octanol–water partition coefficient (Wildman–Crippen LogP) is 2.95. The highest BCUT2D eigenvalue weighted by atomic mass is 31.2. The van der Waals surface area contributed by atoms with Crippen LogP contribution in [0.3, 0.4) is 0 Å². The van der Waals surface area contributed by atoms with Crippen LogP contribution in [0, 0.1) is 0 Å². The molecule has 0 radical (unpaired) electrons. The maximum Gasteiger partial charge on any atom is 0.457 e. The van der Waals surface area contributed by atoms with E-state index >= 15 is 0 Å². The lowest BCUT2D eigenvalue weighted by Crippen LogP contribution is -2.38. The summed E-state index contributed by atoms with van der Waals surface area (Å²) < 4.78 is 32.7. The smallest absolute Gasteiger partial charge is 0.457 e. The van der Waals surface area contributed by atoms with E-state index in [9.17, 15) is 9.36 Å². The average Bonchev–Trinajstić information content (AvgIpc) is 2.72. The molecule has 2 aromatic carbocycles. The molecular weight excluding hydrogens is 381 g/mol. The Hall–Kier alpha value is -2.67. The summed E-state index contributed by atoms with van der Waals surface area (Å²) in [5.41, 5.74) is 7.50. The molecule has 0 atom stereocenters. The highest BCUT2D eigenvalue weighted by Gasteiger charge is 2.26. The lowest BCUT2D eigenvalue weighted by Gasteiger charge is -2.19. The first-order valence-electron chi connectivity index (χ1n) is 8.52. The molecule has 0 saturated carbocycles. The first-order chi connectivity index (χ1) is 13.4. The minimum atomic E-state index is -3.94. The second-order valence-corrected chi connectivity index (χ2v) is 7.53. The summed E-state index contributed by atoms with van der Waals surface area (Å²) in [7, 11) is -1.16. The van der Waals surface area contributed by atoms with Gasteiger partial charge in [0, 0.05) is 7.05 Å². The molecule has 0 saturated heterocycles. The highest BCUT2D eigenvalue weighted by Crippen LogP contribution is 2.51. The summed E-state index contributed by atoms with van der Waals surface area (Å²) in [5, 5.41) is 0. The van der Waals surface area contributed by atoms with Gasteiger partial charge in [-0.25, -0.2) is 4.57 Å². The van der Waals surface area contributed by atoms with Gasteiger partial charge in [-0.3, -0.25) is 13.8 Å². The molecule has 0 heterocycles. The molecule has 0 spiro atoms. The first kappa shape index (κ1) is 21.6. The Bertz CT molecular complexity index is 782. The lowest BCUT2D eigenvalue weighted by molar-refractivity contribution is -0.140. The van der Waals surface area contributed by atoms with E-state index in [2.05, 4.69) is 9.50 Å². The lowest BCUT2D eigenvalue weighted by atomic mass is 10.2. The third-order valence-corrected chi connectivity index (χ3v) is 5.04. The Morgan fingerprint density at radius 3 is 1.89 bits per heavy atom. The van der Waals surface area contributed by atoms with E-state index in [4.69, 9.17) is 14.8 Å². The van der Waals surface area contributed by atoms with E-state index in [-0.39, 0.29) is 25.7 Å². The van der Waals surface area contributed by atoms with Crippen molar-refractivity contribution in [2.24, 2.45) is 10.5 Å². The van der Waals surface area contributed by atoms with E-state index in [0.717, 1.165) is 11.1 Å². The molecule has 2 aromatic rings. The summed E-state index contributed by atoms with van der Waals surface area (Å²) in [4.78, 5) is 12.7. The van der Waals surface area contributed by atoms with Gasteiger partial charge >= 0.3 is 13.7 Å². The van der Waals surface area contributed by atoms with Crippen LogP contribution >= 0.6 is 7.75 Å². The molecule has 0 aliphatic carbocycles. The van der Waals surface area contributed by atoms with Crippen molar-refractivity contribution < 1.29 is 23.1 Å². The van der Waals surface area contributed by atoms with Gasteiger partial charge in [-0.1, -0.05) is 60.7 Å². The number of carbonyl (C=O) groups excluding carboxylic acids is 1. The quantitative estimate of drug-likeness (QED) is 0.296. The maximum atomic E-state index is 13.2. The summed E-state index contributed by atoms with van der Waals surface area (Å²) in [6.07, 6.45) is 0. The van der Waals surface area contributed by atoms with Crippen LogP contribution in [0.1, 0.15) is 11.1 Å². The Morgan fingerprint density at radius 2 is 1.46 bits per heavy atom. The molecule has 0 bridgehead atoms. The number of hydrogen-bond donors (Lipinski definition) is 1. The fourth-order valence-electron chi connectivity index (χ4n) is 2.10. The van der Waals surface area contributed by atoms with Crippen LogP contribution in [0.2, 0.25) is 0 Å². The van der Waals surface area contributed by atoms with E-state index in [1.807, 2.05) is 60.7 Å². The van der Waals surface area contributed by atoms with Crippen molar-refractivity contribution in [3.63, 3.8) is 0 Å². The summed E-state index contributed by atoms with van der Waals surface area (Å²) in [6.45, 7) is -0.0853. The van der Waals surface area contributed by atoms with Gasteiger partial charge < -0.3 is 15.4 Å². The number of nitrogens with two attached hydrogens (primary N) is 1. The third kappa shape index (κ3) is 7.15. The number of esters is 1. The Morgan fingerprint density at radius 1 is 1.00 bits per heavy atom. The van der Waals surface area contributed by atoms with E-state index in [0.29, 0.717) is 0 Å². The molecule has 2 rings (SSSR count). The number of nitrogens with zero attached hydrogens (tertiary/aromatic N) is 2. The number of guanidine groups is 1. The van der Waals surface area contributed by atoms with Crippen LogP contribution in [0.25, 0.3) is 0 Å². The largest absolute Gasteiger partial charge is 0.468 e. The Labute approximate surface area is 164 Å². The molecule has 9 heteroatoms. The van der Waals surface area contributed by atoms with Gasteiger partial charge in [0.2, 0.25) is 5.96 Å². The van der Waals surface area contributed by atoms with Crippen molar-refractivity contribution in [3.05, 3.63) is 71.8 Å². The van der Waals surface area contributed by atoms with Crippen molar-refractivity contribution in [3.8, 4) is 0 Å². The monoisotopic (exact) mass is 405 g/mol. The van der Waals surface area contributed by atoms with Gasteiger partial charge in [0.25, 0.3) is 0 Å². The van der Waals surface area contributed by atoms with E-state index in [1.54, 1.807) is 0 Å². The Balaban J connectivity index is 2.14. The van der Waals surface area contributed by atoms with Crippen molar-refractivity contribution in [2.75, 3.05) is 20.7 Å². The minimum absolute atomic E-state index is 0.0321. The molecule has 0 aliphatic rings. The third-order valence-electron chi connectivity index (χ3n) is 3.68. The minimum Gasteiger partial charge on any atom is -0.468 e. The SMILES string of the molecule is COC(=O)CN(C)/C(N)=N/P(=O)(OCc1ccccc1)OCc1ccccc1. The molecule has 0 unspecified atom stereocenters. The Kier molecular flexibility index (Phi) is 8.19. The highest BCUT2D eigenvalue weighted by molar-refractivity contribution is 7.52. The standard InChI is InChI=1S/C19H24N3O5P/c1-22(13-18(23)25-2)19(20)21-28(24,26-14-16-9-5-3-6-10-16)27-15-17-11-7-4-8-12-17/h3-12H,13-15H2,1-2H3,(H2,20,21,24). The van der Waals surface area contributed by atoms with E-state index < -0.39 is 13.7 Å². The summed E-state index contributed by atoms with van der Waals surface area (Å²) in [6, 6.07) is 18.4. The van der Waals surface area contributed by atoms with Gasteiger partial charge in [0.05, 0.1) is 20.3 Å². The summed E-state index contributed by atoms with van der Waals surface area (Å²) >= 11 is 0. The molecule has 2 N–H and O–H groups in total. The van der Waals surface area contributed by atoms with Crippen LogP contribution < -0.4 is 5.73 Å². The van der Waals surface area contributed by atoms with Crippen molar-refractivity contribution in [1.82, 2.24) is 4.90 Å². The normalized spacial score (nSPS) is 11.9. The number of methoxy groups -OCH3 is 1. The maximum absolute atomic E-state index is 13.2. The molecule has 0 aromatic heterocycles. The number of likely N-dealkylation sites (N-methyl/N-ethyl adjacent to an activating group) is 1. The number of ether oxygens (including phenoxy) is 1. The van der Waals surface area contributed by atoms with Crippen molar-refractivity contribution >= 4 is 19.7 Å². The zero-order valence-electron chi connectivity index (χ0n) is 15.9. The number of benzene rings is 2. The van der Waals surface area contributed by atoms with Gasteiger partial charge in [0.1, 0.15) is 6.54 Å². The van der Waals surface area contributed by atoms with Gasteiger partial charge in [-0.15, -0.1) is 4.76 Å². The zero-order valence-corrected chi connectivity index (χ0v) is 16.7. The van der Waals surface area contributed by atoms with E-state index in [1.165, 1.54) is 19.1 Å². The first-order valence-corrected chi connectivity index (χ1v) is 10.0. The molecule has 0 fully saturated rings. The topological polar surface area (TPSA) is 103 Å². The number of hydrogen-bond acceptors (Lipinski definition) is 5. The molecular formula is C19H24N3O5P. The predicted molar refractivity (Wildman–Crippen MR) is 106 cm³/mol. The van der Waals surface area contributed by atoms with Crippen LogP contribution in [-0.4, -0.2) is 37.5 Å². The van der Waals surface area contributed by atoms with Crippen LogP contribution in [0.15, 0.2) is 65.4 Å². The second kappa shape index (κ2) is 10.6. The number of carbonyl (C=O) groups is 1. The van der Waals surface area contributed by atoms with Gasteiger partial charge in [-0.2, -0.15) is 0 Å². The second-order valence-electron chi connectivity index (χ2n) is 5.88. The van der Waals surface area contributed by atoms with Crippen LogP contribution in [-0.2, 0) is 36.4 Å².